The number of rotatable bonds is 2. The molecular formula is C18H19F3N2. The second-order valence-electron chi connectivity index (χ2n) is 6.10. The van der Waals surface area contributed by atoms with Crippen LogP contribution in [0.25, 0.3) is 0 Å². The Balaban J connectivity index is 1.74. The van der Waals surface area contributed by atoms with Gasteiger partial charge in [0.15, 0.2) is 0 Å². The lowest BCUT2D eigenvalue weighted by atomic mass is 9.90. The molecule has 1 saturated heterocycles. The number of pyridine rings is 1. The monoisotopic (exact) mass is 320 g/mol. The van der Waals surface area contributed by atoms with Gasteiger partial charge in [-0.05, 0) is 49.1 Å². The predicted molar refractivity (Wildman–Crippen MR) is 84.6 cm³/mol. The van der Waals surface area contributed by atoms with Gasteiger partial charge in [0, 0.05) is 25.2 Å². The molecule has 1 unspecified atom stereocenters. The number of aryl methyl sites for hydroxylation is 1. The topological polar surface area (TPSA) is 16.1 Å². The van der Waals surface area contributed by atoms with Gasteiger partial charge in [0.05, 0.1) is 5.56 Å². The fourth-order valence-electron chi connectivity index (χ4n) is 3.05. The molecule has 1 aromatic carbocycles. The Labute approximate surface area is 134 Å². The molecule has 1 aromatic heterocycles. The van der Waals surface area contributed by atoms with Crippen LogP contribution in [0.3, 0.4) is 0 Å². The zero-order valence-electron chi connectivity index (χ0n) is 13.0. The van der Waals surface area contributed by atoms with E-state index in [2.05, 4.69) is 9.88 Å². The van der Waals surface area contributed by atoms with Crippen molar-refractivity contribution in [1.82, 2.24) is 4.98 Å². The summed E-state index contributed by atoms with van der Waals surface area (Å²) in [6, 6.07) is 9.62. The predicted octanol–water partition coefficient (Wildman–Crippen LogP) is 4.79. The zero-order valence-corrected chi connectivity index (χ0v) is 13.0. The standard InChI is InChI=1S/C18H19F3N2/c1-13-4-9-17(22-11-13)23-10-2-3-15(12-23)14-5-7-16(8-6-14)18(19,20)21/h4-9,11,15H,2-3,10,12H2,1H3. The molecule has 0 radical (unpaired) electrons. The highest BCUT2D eigenvalue weighted by Gasteiger charge is 2.30. The molecule has 0 N–H and O–H groups in total. The van der Waals surface area contributed by atoms with Crippen molar-refractivity contribution in [2.45, 2.75) is 31.9 Å². The van der Waals surface area contributed by atoms with E-state index in [-0.39, 0.29) is 5.92 Å². The largest absolute Gasteiger partial charge is 0.416 e. The highest BCUT2D eigenvalue weighted by molar-refractivity contribution is 5.41. The van der Waals surface area contributed by atoms with Crippen molar-refractivity contribution in [2.75, 3.05) is 18.0 Å². The third-order valence-electron chi connectivity index (χ3n) is 4.35. The van der Waals surface area contributed by atoms with Crippen molar-refractivity contribution in [1.29, 1.82) is 0 Å². The first kappa shape index (κ1) is 15.8. The molecule has 2 heterocycles. The maximum Gasteiger partial charge on any atom is 0.416 e. The summed E-state index contributed by atoms with van der Waals surface area (Å²) in [6.07, 6.45) is -0.422. The number of halogens is 3. The van der Waals surface area contributed by atoms with Crippen LogP contribution in [0.1, 0.15) is 35.4 Å². The summed E-state index contributed by atoms with van der Waals surface area (Å²) in [5.41, 5.74) is 1.49. The molecule has 23 heavy (non-hydrogen) atoms. The summed E-state index contributed by atoms with van der Waals surface area (Å²) in [4.78, 5) is 6.67. The van der Waals surface area contributed by atoms with Crippen LogP contribution in [0.15, 0.2) is 42.6 Å². The minimum absolute atomic E-state index is 0.245. The van der Waals surface area contributed by atoms with Gasteiger partial charge in [-0.1, -0.05) is 18.2 Å². The molecule has 1 fully saturated rings. The quantitative estimate of drug-likeness (QED) is 0.790. The van der Waals surface area contributed by atoms with Crippen molar-refractivity contribution in [3.63, 3.8) is 0 Å². The van der Waals surface area contributed by atoms with E-state index in [9.17, 15) is 13.2 Å². The van der Waals surface area contributed by atoms with Gasteiger partial charge in [-0.15, -0.1) is 0 Å². The van der Waals surface area contributed by atoms with Crippen molar-refractivity contribution in [3.8, 4) is 0 Å². The van der Waals surface area contributed by atoms with Gasteiger partial charge < -0.3 is 4.90 Å². The molecule has 122 valence electrons. The second-order valence-corrected chi connectivity index (χ2v) is 6.10. The van der Waals surface area contributed by atoms with Crippen LogP contribution in [0.4, 0.5) is 19.0 Å². The molecular weight excluding hydrogens is 301 g/mol. The summed E-state index contributed by atoms with van der Waals surface area (Å²) in [5.74, 6) is 1.18. The highest BCUT2D eigenvalue weighted by atomic mass is 19.4. The van der Waals surface area contributed by atoms with Gasteiger partial charge in [0.2, 0.25) is 0 Å². The number of hydrogen-bond donors (Lipinski definition) is 0. The fraction of sp³-hybridized carbons (Fsp3) is 0.389. The fourth-order valence-corrected chi connectivity index (χ4v) is 3.05. The molecule has 1 atom stereocenters. The molecule has 2 nitrogen and oxygen atoms in total. The SMILES string of the molecule is Cc1ccc(N2CCCC(c3ccc(C(F)(F)F)cc3)C2)nc1. The highest BCUT2D eigenvalue weighted by Crippen LogP contribution is 2.33. The van der Waals surface area contributed by atoms with Crippen LogP contribution in [-0.4, -0.2) is 18.1 Å². The minimum atomic E-state index is -4.27. The van der Waals surface area contributed by atoms with E-state index in [1.807, 2.05) is 25.3 Å². The van der Waals surface area contributed by atoms with Crippen molar-refractivity contribution < 1.29 is 13.2 Å². The van der Waals surface area contributed by atoms with Crippen LogP contribution in [0.2, 0.25) is 0 Å². The average molecular weight is 320 g/mol. The Morgan fingerprint density at radius 2 is 1.83 bits per heavy atom. The maximum absolute atomic E-state index is 12.7. The minimum Gasteiger partial charge on any atom is -0.356 e. The third-order valence-corrected chi connectivity index (χ3v) is 4.35. The third kappa shape index (κ3) is 3.66. The van der Waals surface area contributed by atoms with Gasteiger partial charge in [-0.3, -0.25) is 0 Å². The van der Waals surface area contributed by atoms with Crippen LogP contribution >= 0.6 is 0 Å². The van der Waals surface area contributed by atoms with Crippen LogP contribution in [0.5, 0.6) is 0 Å². The molecule has 1 aliphatic heterocycles. The van der Waals surface area contributed by atoms with Crippen LogP contribution in [0, 0.1) is 6.92 Å². The van der Waals surface area contributed by atoms with Gasteiger partial charge in [-0.2, -0.15) is 13.2 Å². The first-order valence-electron chi connectivity index (χ1n) is 7.78. The van der Waals surface area contributed by atoms with Crippen molar-refractivity contribution in [3.05, 3.63) is 59.3 Å². The number of aromatic nitrogens is 1. The smallest absolute Gasteiger partial charge is 0.356 e. The average Bonchev–Trinajstić information content (AvgIpc) is 2.55. The molecule has 0 spiro atoms. The number of anilines is 1. The molecule has 0 saturated carbocycles. The molecule has 5 heteroatoms. The Morgan fingerprint density at radius 1 is 1.09 bits per heavy atom. The van der Waals surface area contributed by atoms with Crippen molar-refractivity contribution in [2.24, 2.45) is 0 Å². The van der Waals surface area contributed by atoms with Gasteiger partial charge in [-0.25, -0.2) is 4.98 Å². The number of benzene rings is 1. The summed E-state index contributed by atoms with van der Waals surface area (Å²) in [5, 5.41) is 0. The van der Waals surface area contributed by atoms with E-state index in [1.165, 1.54) is 12.1 Å². The van der Waals surface area contributed by atoms with E-state index in [1.54, 1.807) is 12.1 Å². The number of piperidine rings is 1. The first-order valence-corrected chi connectivity index (χ1v) is 7.78. The Hall–Kier alpha value is -2.04. The number of hydrogen-bond acceptors (Lipinski definition) is 2. The molecule has 0 bridgehead atoms. The molecule has 3 rings (SSSR count). The summed E-state index contributed by atoms with van der Waals surface area (Å²) < 4.78 is 38.0. The zero-order chi connectivity index (χ0) is 16.4. The molecule has 0 aliphatic carbocycles. The molecule has 2 aromatic rings. The van der Waals surface area contributed by atoms with Crippen LogP contribution in [-0.2, 0) is 6.18 Å². The summed E-state index contributed by atoms with van der Waals surface area (Å²) in [6.45, 7) is 3.73. The second kappa shape index (κ2) is 6.22. The Kier molecular flexibility index (Phi) is 4.28. The summed E-state index contributed by atoms with van der Waals surface area (Å²) >= 11 is 0. The van der Waals surface area contributed by atoms with E-state index >= 15 is 0 Å². The maximum atomic E-state index is 12.7. The Morgan fingerprint density at radius 3 is 2.43 bits per heavy atom. The summed E-state index contributed by atoms with van der Waals surface area (Å²) in [7, 11) is 0. The van der Waals surface area contributed by atoms with E-state index in [4.69, 9.17) is 0 Å². The van der Waals surface area contributed by atoms with Gasteiger partial charge in [0.25, 0.3) is 0 Å². The lowest BCUT2D eigenvalue weighted by molar-refractivity contribution is -0.137. The van der Waals surface area contributed by atoms with Crippen molar-refractivity contribution >= 4 is 5.82 Å². The lowest BCUT2D eigenvalue weighted by Crippen LogP contribution is -2.34. The molecule has 0 amide bonds. The lowest BCUT2D eigenvalue weighted by Gasteiger charge is -2.34. The van der Waals surface area contributed by atoms with E-state index in [0.717, 1.165) is 42.9 Å². The number of alkyl halides is 3. The van der Waals surface area contributed by atoms with Crippen LogP contribution < -0.4 is 4.90 Å². The normalized spacial score (nSPS) is 19.0. The molecule has 1 aliphatic rings. The number of nitrogens with zero attached hydrogens (tertiary/aromatic N) is 2. The van der Waals surface area contributed by atoms with E-state index < -0.39 is 11.7 Å². The van der Waals surface area contributed by atoms with Gasteiger partial charge in [0.1, 0.15) is 5.82 Å². The van der Waals surface area contributed by atoms with Gasteiger partial charge >= 0.3 is 6.18 Å². The Bertz CT molecular complexity index is 647. The first-order chi connectivity index (χ1) is 10.9. The van der Waals surface area contributed by atoms with E-state index in [0.29, 0.717) is 0 Å².